The Morgan fingerprint density at radius 3 is 2.79 bits per heavy atom. The summed E-state index contributed by atoms with van der Waals surface area (Å²) in [6, 6.07) is 7.41. The molecule has 5 heteroatoms. The highest BCUT2D eigenvalue weighted by molar-refractivity contribution is 9.11. The van der Waals surface area contributed by atoms with Gasteiger partial charge in [-0.05, 0) is 57.6 Å². The molecule has 19 heavy (non-hydrogen) atoms. The summed E-state index contributed by atoms with van der Waals surface area (Å²) in [5.74, 6) is -0.0117. The third-order valence-electron chi connectivity index (χ3n) is 2.82. The maximum Gasteiger partial charge on any atom is 0.254 e. The molecule has 1 heterocycles. The van der Waals surface area contributed by atoms with E-state index in [9.17, 15) is 4.79 Å². The maximum atomic E-state index is 12.4. The second-order valence-electron chi connectivity index (χ2n) is 4.38. The summed E-state index contributed by atoms with van der Waals surface area (Å²) in [5.41, 5.74) is 2.71. The predicted octanol–water partition coefficient (Wildman–Crippen LogP) is 4.74. The molecule has 0 bridgehead atoms. The van der Waals surface area contributed by atoms with E-state index in [4.69, 9.17) is 11.6 Å². The zero-order valence-corrected chi connectivity index (χ0v) is 13.8. The number of hydrogen-bond donors (Lipinski definition) is 0. The molecule has 0 aliphatic heterocycles. The highest BCUT2D eigenvalue weighted by atomic mass is 79.9. The van der Waals surface area contributed by atoms with Crippen LogP contribution in [-0.4, -0.2) is 17.9 Å². The molecule has 1 aromatic carbocycles. The number of amides is 1. The van der Waals surface area contributed by atoms with E-state index in [-0.39, 0.29) is 5.91 Å². The average molecular weight is 359 g/mol. The van der Waals surface area contributed by atoms with Crippen molar-refractivity contribution in [2.75, 3.05) is 7.05 Å². The Morgan fingerprint density at radius 1 is 1.42 bits per heavy atom. The van der Waals surface area contributed by atoms with Gasteiger partial charge in [-0.2, -0.15) is 0 Å². The van der Waals surface area contributed by atoms with E-state index >= 15 is 0 Å². The molecular weight excluding hydrogens is 346 g/mol. The monoisotopic (exact) mass is 357 g/mol. The van der Waals surface area contributed by atoms with Crippen molar-refractivity contribution in [2.24, 2.45) is 0 Å². The van der Waals surface area contributed by atoms with E-state index in [1.54, 1.807) is 35.4 Å². The van der Waals surface area contributed by atoms with Gasteiger partial charge < -0.3 is 4.90 Å². The Labute approximate surface area is 130 Å². The summed E-state index contributed by atoms with van der Waals surface area (Å²) >= 11 is 11.0. The fourth-order valence-corrected chi connectivity index (χ4v) is 3.18. The Bertz CT molecular complexity index is 611. The molecule has 0 aliphatic carbocycles. The first-order valence-electron chi connectivity index (χ1n) is 5.72. The number of thiophene rings is 1. The van der Waals surface area contributed by atoms with Crippen molar-refractivity contribution in [3.05, 3.63) is 55.1 Å². The van der Waals surface area contributed by atoms with Crippen molar-refractivity contribution in [3.63, 3.8) is 0 Å². The van der Waals surface area contributed by atoms with E-state index in [2.05, 4.69) is 15.9 Å². The molecule has 1 aromatic heterocycles. The van der Waals surface area contributed by atoms with Gasteiger partial charge in [0.15, 0.2) is 0 Å². The summed E-state index contributed by atoms with van der Waals surface area (Å²) in [4.78, 5) is 14.1. The predicted molar refractivity (Wildman–Crippen MR) is 84.0 cm³/mol. The van der Waals surface area contributed by atoms with Crippen LogP contribution in [0.2, 0.25) is 5.02 Å². The van der Waals surface area contributed by atoms with E-state index in [1.165, 1.54) is 0 Å². The van der Waals surface area contributed by atoms with Crippen molar-refractivity contribution in [1.82, 2.24) is 4.90 Å². The van der Waals surface area contributed by atoms with Gasteiger partial charge in [-0.15, -0.1) is 11.3 Å². The lowest BCUT2D eigenvalue weighted by Crippen LogP contribution is -2.26. The molecule has 100 valence electrons. The van der Waals surface area contributed by atoms with Gasteiger partial charge in [0.2, 0.25) is 0 Å². The third kappa shape index (κ3) is 3.59. The third-order valence-corrected chi connectivity index (χ3v) is 4.61. The van der Waals surface area contributed by atoms with Crippen LogP contribution in [0.15, 0.2) is 33.4 Å². The van der Waals surface area contributed by atoms with Gasteiger partial charge in [-0.25, -0.2) is 0 Å². The van der Waals surface area contributed by atoms with E-state index in [0.717, 1.165) is 14.9 Å². The number of carbonyl (C=O) groups is 1. The Hall–Kier alpha value is -0.840. The highest BCUT2D eigenvalue weighted by Gasteiger charge is 2.15. The molecule has 0 radical (unpaired) electrons. The first kappa shape index (κ1) is 14.6. The standard InChI is InChI=1S/C14H13BrClNOS/c1-9-3-4-11(16)6-12(9)14(18)17(2)7-10-5-13(15)19-8-10/h3-6,8H,7H2,1-2H3. The first-order valence-corrected chi connectivity index (χ1v) is 7.77. The SMILES string of the molecule is Cc1ccc(Cl)cc1C(=O)N(C)Cc1csc(Br)c1. The first-order chi connectivity index (χ1) is 8.97. The van der Waals surface area contributed by atoms with Crippen LogP contribution in [0.1, 0.15) is 21.5 Å². The number of carbonyl (C=O) groups excluding carboxylic acids is 1. The lowest BCUT2D eigenvalue weighted by molar-refractivity contribution is 0.0784. The summed E-state index contributed by atoms with van der Waals surface area (Å²) in [6.07, 6.45) is 0. The topological polar surface area (TPSA) is 20.3 Å². The van der Waals surface area contributed by atoms with Crippen LogP contribution in [0.3, 0.4) is 0 Å². The number of halogens is 2. The number of nitrogens with zero attached hydrogens (tertiary/aromatic N) is 1. The van der Waals surface area contributed by atoms with Gasteiger partial charge >= 0.3 is 0 Å². The zero-order valence-electron chi connectivity index (χ0n) is 10.6. The molecule has 2 aromatic rings. The summed E-state index contributed by atoms with van der Waals surface area (Å²) in [6.45, 7) is 2.51. The normalized spacial score (nSPS) is 10.5. The molecule has 2 nitrogen and oxygen atoms in total. The van der Waals surface area contributed by atoms with E-state index in [1.807, 2.05) is 24.4 Å². The van der Waals surface area contributed by atoms with Crippen LogP contribution in [0.5, 0.6) is 0 Å². The van der Waals surface area contributed by atoms with Crippen LogP contribution in [0.4, 0.5) is 0 Å². The van der Waals surface area contributed by atoms with Crippen molar-refractivity contribution in [1.29, 1.82) is 0 Å². The van der Waals surface area contributed by atoms with Crippen molar-refractivity contribution >= 4 is 44.8 Å². The Balaban J connectivity index is 2.16. The molecular formula is C14H13BrClNOS. The Kier molecular flexibility index (Phi) is 4.66. The molecule has 0 saturated carbocycles. The summed E-state index contributed by atoms with van der Waals surface area (Å²) in [7, 11) is 1.80. The minimum Gasteiger partial charge on any atom is -0.337 e. The lowest BCUT2D eigenvalue weighted by Gasteiger charge is -2.18. The van der Waals surface area contributed by atoms with E-state index in [0.29, 0.717) is 17.1 Å². The largest absolute Gasteiger partial charge is 0.337 e. The second-order valence-corrected chi connectivity index (χ2v) is 7.11. The van der Waals surface area contributed by atoms with Crippen LogP contribution in [0.25, 0.3) is 0 Å². The number of hydrogen-bond acceptors (Lipinski definition) is 2. The molecule has 0 N–H and O–H groups in total. The quantitative estimate of drug-likeness (QED) is 0.775. The molecule has 0 aliphatic rings. The minimum absolute atomic E-state index is 0.0117. The zero-order chi connectivity index (χ0) is 14.0. The van der Waals surface area contributed by atoms with Crippen LogP contribution < -0.4 is 0 Å². The van der Waals surface area contributed by atoms with Crippen molar-refractivity contribution < 1.29 is 4.79 Å². The number of aryl methyl sites for hydroxylation is 1. The van der Waals surface area contributed by atoms with Crippen molar-refractivity contribution in [2.45, 2.75) is 13.5 Å². The highest BCUT2D eigenvalue weighted by Crippen LogP contribution is 2.22. The molecule has 1 amide bonds. The van der Waals surface area contributed by atoms with Gasteiger partial charge in [-0.1, -0.05) is 17.7 Å². The maximum absolute atomic E-state index is 12.4. The van der Waals surface area contributed by atoms with Crippen LogP contribution >= 0.6 is 38.9 Å². The van der Waals surface area contributed by atoms with Crippen LogP contribution in [0, 0.1) is 6.92 Å². The fraction of sp³-hybridized carbons (Fsp3) is 0.214. The van der Waals surface area contributed by atoms with Gasteiger partial charge in [0.25, 0.3) is 5.91 Å². The van der Waals surface area contributed by atoms with Gasteiger partial charge in [0.05, 0.1) is 3.79 Å². The van der Waals surface area contributed by atoms with Gasteiger partial charge in [-0.3, -0.25) is 4.79 Å². The molecule has 0 atom stereocenters. The molecule has 0 saturated heterocycles. The lowest BCUT2D eigenvalue weighted by atomic mass is 10.1. The number of rotatable bonds is 3. The van der Waals surface area contributed by atoms with Crippen molar-refractivity contribution in [3.8, 4) is 0 Å². The molecule has 0 spiro atoms. The fourth-order valence-electron chi connectivity index (χ4n) is 1.80. The molecule has 0 unspecified atom stereocenters. The molecule has 2 rings (SSSR count). The van der Waals surface area contributed by atoms with Gasteiger partial charge in [0.1, 0.15) is 0 Å². The van der Waals surface area contributed by atoms with E-state index < -0.39 is 0 Å². The molecule has 0 fully saturated rings. The average Bonchev–Trinajstić information content (AvgIpc) is 2.77. The minimum atomic E-state index is -0.0117. The van der Waals surface area contributed by atoms with Crippen LogP contribution in [-0.2, 0) is 6.54 Å². The van der Waals surface area contributed by atoms with Gasteiger partial charge in [0, 0.05) is 24.2 Å². The number of benzene rings is 1. The second kappa shape index (κ2) is 6.07. The Morgan fingerprint density at radius 2 is 2.16 bits per heavy atom. The summed E-state index contributed by atoms with van der Waals surface area (Å²) < 4.78 is 1.07. The smallest absolute Gasteiger partial charge is 0.254 e. The summed E-state index contributed by atoms with van der Waals surface area (Å²) in [5, 5.41) is 2.62.